The second-order valence-corrected chi connectivity index (χ2v) is 29.7. The molecule has 16 aromatic carbocycles. The van der Waals surface area contributed by atoms with Gasteiger partial charge in [-0.05, 0) is 239 Å². The Hall–Kier alpha value is -15.9. The van der Waals surface area contributed by atoms with Crippen molar-refractivity contribution < 1.29 is 0 Å². The van der Waals surface area contributed by atoms with E-state index in [1.165, 1.54) is 93.2 Å². The van der Waals surface area contributed by atoms with Gasteiger partial charge in [-0.1, -0.05) is 303 Å². The summed E-state index contributed by atoms with van der Waals surface area (Å²) >= 11 is 0. The molecule has 6 nitrogen and oxygen atoms in total. The maximum absolute atomic E-state index is 9.54. The standard InChI is InChI=1S/C56H34N4.C54H32N2/c57-35-36-11-13-38(14-12-36)45-27-29-49-47-7-1-2-8-48(47)50-30-28-46(55(45)56(49)50)39-17-21-42(22-18-39)53-33-44(37-15-19-40(20-16-37)51-9-3-5-31-58-51)34-54(60-53)43-25-23-41(24-26-43)52-10-4-6-32-59-52;55-33-34-13-15-37(16-14-34)45-25-27-49-47-11-5-6-12-48(47)50-28-26-46(53(45)54(49)50)38-19-21-39(22-20-38)51-31-44(42-23-17-35-7-1-3-9-40(35)29-42)32-52(56-51)43-24-18-36-8-2-4-10-41(36)30-43/h1-34H;1-32H. The molecule has 0 atom stereocenters. The van der Waals surface area contributed by atoms with E-state index in [1.54, 1.807) is 0 Å². The van der Waals surface area contributed by atoms with E-state index in [9.17, 15) is 10.5 Å². The fourth-order valence-corrected chi connectivity index (χ4v) is 17.3. The first-order valence-electron chi connectivity index (χ1n) is 39.0. The molecular weight excluding hydrogens is 1410 g/mol. The molecule has 0 unspecified atom stereocenters. The van der Waals surface area contributed by atoms with Crippen LogP contribution in [-0.4, -0.2) is 19.9 Å². The minimum absolute atomic E-state index is 0.650. The minimum Gasteiger partial charge on any atom is -0.256 e. The van der Waals surface area contributed by atoms with Crippen LogP contribution < -0.4 is 0 Å². The van der Waals surface area contributed by atoms with E-state index in [-0.39, 0.29) is 0 Å². The van der Waals surface area contributed by atoms with Crippen LogP contribution in [0.15, 0.2) is 401 Å². The lowest BCUT2D eigenvalue weighted by atomic mass is 9.88. The molecule has 22 rings (SSSR count). The van der Waals surface area contributed by atoms with Gasteiger partial charge in [0.2, 0.25) is 0 Å². The van der Waals surface area contributed by atoms with Gasteiger partial charge in [0.15, 0.2) is 0 Å². The normalized spacial score (nSPS) is 11.4. The summed E-state index contributed by atoms with van der Waals surface area (Å²) in [5, 5.41) is 28.9. The molecule has 0 spiro atoms. The molecule has 0 bridgehead atoms. The van der Waals surface area contributed by atoms with Crippen LogP contribution in [0.1, 0.15) is 11.1 Å². The van der Waals surface area contributed by atoms with Crippen LogP contribution in [0.4, 0.5) is 0 Å². The molecule has 116 heavy (non-hydrogen) atoms. The van der Waals surface area contributed by atoms with Gasteiger partial charge in [0.25, 0.3) is 0 Å². The quantitative estimate of drug-likeness (QED) is 0.121. The van der Waals surface area contributed by atoms with E-state index in [2.05, 4.69) is 350 Å². The first kappa shape index (κ1) is 68.2. The van der Waals surface area contributed by atoms with Crippen molar-refractivity contribution in [1.82, 2.24) is 19.9 Å². The third-order valence-corrected chi connectivity index (χ3v) is 23.1. The largest absolute Gasteiger partial charge is 0.256 e. The van der Waals surface area contributed by atoms with E-state index in [0.29, 0.717) is 11.1 Å². The fourth-order valence-electron chi connectivity index (χ4n) is 17.3. The molecular formula is C110H66N6. The number of pyridine rings is 4. The van der Waals surface area contributed by atoms with E-state index < -0.39 is 0 Å². The summed E-state index contributed by atoms with van der Waals surface area (Å²) in [5.74, 6) is 0. The van der Waals surface area contributed by atoms with Gasteiger partial charge in [0.1, 0.15) is 0 Å². The van der Waals surface area contributed by atoms with Crippen molar-refractivity contribution in [2.24, 2.45) is 0 Å². The Bertz CT molecular complexity index is 7130. The number of fused-ring (bicyclic) bond motifs is 8. The molecule has 4 aromatic heterocycles. The SMILES string of the molecule is N#Cc1ccc(-c2ccc3c4c(ccc(-c5ccc(-c6cc(-c7ccc(-c8ccccn8)cc7)cc(-c7ccc(-c8ccccn8)cc7)n6)cc5)c24)-c2ccccc2-3)cc1.N#Cc1ccc(-c2ccc3c4c(ccc(-c5ccc(-c6cc(-c7ccc8ccccc8c7)cc(-c7ccc8ccccc8c7)n6)cc5)c24)-c2ccccc2-3)cc1. The van der Waals surface area contributed by atoms with Crippen molar-refractivity contribution >= 4 is 43.1 Å². The Balaban J connectivity index is 0.000000145. The van der Waals surface area contributed by atoms with Crippen LogP contribution >= 0.6 is 0 Å². The number of hydrogen-bond acceptors (Lipinski definition) is 6. The van der Waals surface area contributed by atoms with Gasteiger partial charge in [-0.3, -0.25) is 9.97 Å². The molecule has 4 heterocycles. The minimum atomic E-state index is 0.650. The maximum atomic E-state index is 9.54. The van der Waals surface area contributed by atoms with Crippen molar-refractivity contribution in [2.45, 2.75) is 0 Å². The highest BCUT2D eigenvalue weighted by Gasteiger charge is 2.28. The lowest BCUT2D eigenvalue weighted by molar-refractivity contribution is 1.31. The van der Waals surface area contributed by atoms with Gasteiger partial charge in [-0.15, -0.1) is 0 Å². The smallest absolute Gasteiger partial charge is 0.0991 e. The Labute approximate surface area is 671 Å². The second kappa shape index (κ2) is 28.8. The number of benzene rings is 16. The second-order valence-electron chi connectivity index (χ2n) is 29.7. The highest BCUT2D eigenvalue weighted by molar-refractivity contribution is 6.24. The fraction of sp³-hybridized carbons (Fsp3) is 0. The van der Waals surface area contributed by atoms with Gasteiger partial charge >= 0.3 is 0 Å². The monoisotopic (exact) mass is 1470 g/mol. The van der Waals surface area contributed by atoms with Gasteiger partial charge in [-0.25, -0.2) is 9.97 Å². The summed E-state index contributed by atoms with van der Waals surface area (Å²) in [7, 11) is 0. The molecule has 0 amide bonds. The zero-order valence-corrected chi connectivity index (χ0v) is 62.8. The lowest BCUT2D eigenvalue weighted by Gasteiger charge is -2.16. The van der Waals surface area contributed by atoms with Crippen LogP contribution in [0.2, 0.25) is 0 Å². The lowest BCUT2D eigenvalue weighted by Crippen LogP contribution is -1.92. The number of nitriles is 2. The Morgan fingerprint density at radius 1 is 0.164 bits per heavy atom. The summed E-state index contributed by atoms with van der Waals surface area (Å²) in [5.41, 5.74) is 36.9. The molecule has 20 aromatic rings. The predicted octanol–water partition coefficient (Wildman–Crippen LogP) is 28.6. The molecule has 6 heteroatoms. The molecule has 2 aliphatic carbocycles. The molecule has 0 N–H and O–H groups in total. The van der Waals surface area contributed by atoms with Gasteiger partial charge < -0.3 is 0 Å². The van der Waals surface area contributed by atoms with Crippen LogP contribution in [-0.2, 0) is 0 Å². The van der Waals surface area contributed by atoms with Crippen LogP contribution in [0, 0.1) is 22.7 Å². The summed E-state index contributed by atoms with van der Waals surface area (Å²) < 4.78 is 0. The number of nitrogens with zero attached hydrogens (tertiary/aromatic N) is 6. The molecule has 0 saturated carbocycles. The van der Waals surface area contributed by atoms with E-state index in [4.69, 9.17) is 9.97 Å². The third kappa shape index (κ3) is 12.3. The van der Waals surface area contributed by atoms with Crippen molar-refractivity contribution in [3.05, 3.63) is 412 Å². The first-order chi connectivity index (χ1) is 57.4. The van der Waals surface area contributed by atoms with Crippen molar-refractivity contribution in [3.8, 4) is 191 Å². The molecule has 0 saturated heterocycles. The number of aromatic nitrogens is 4. The summed E-state index contributed by atoms with van der Waals surface area (Å²) in [6.45, 7) is 0. The molecule has 0 fully saturated rings. The average molecular weight is 1470 g/mol. The van der Waals surface area contributed by atoms with Crippen molar-refractivity contribution in [3.63, 3.8) is 0 Å². The maximum Gasteiger partial charge on any atom is 0.0991 e. The summed E-state index contributed by atoms with van der Waals surface area (Å²) in [6, 6.07) is 142. The molecule has 0 radical (unpaired) electrons. The summed E-state index contributed by atoms with van der Waals surface area (Å²) in [6.07, 6.45) is 3.65. The van der Waals surface area contributed by atoms with E-state index in [1.807, 2.05) is 73.1 Å². The number of hydrogen-bond donors (Lipinski definition) is 0. The van der Waals surface area contributed by atoms with Gasteiger partial charge in [-0.2, -0.15) is 10.5 Å². The third-order valence-electron chi connectivity index (χ3n) is 23.1. The highest BCUT2D eigenvalue weighted by Crippen LogP contribution is 2.54. The molecule has 0 aliphatic heterocycles. The van der Waals surface area contributed by atoms with Gasteiger partial charge in [0.05, 0.1) is 57.4 Å². The Kier molecular flexibility index (Phi) is 16.9. The van der Waals surface area contributed by atoms with Crippen LogP contribution in [0.25, 0.3) is 222 Å². The molecule has 2 aliphatic rings. The Morgan fingerprint density at radius 2 is 0.422 bits per heavy atom. The van der Waals surface area contributed by atoms with Crippen LogP contribution in [0.5, 0.6) is 0 Å². The number of rotatable bonds is 12. The van der Waals surface area contributed by atoms with Crippen LogP contribution in [0.3, 0.4) is 0 Å². The zero-order chi connectivity index (χ0) is 77.2. The first-order valence-corrected chi connectivity index (χ1v) is 39.0. The van der Waals surface area contributed by atoms with Crippen molar-refractivity contribution in [2.75, 3.05) is 0 Å². The summed E-state index contributed by atoms with van der Waals surface area (Å²) in [4.78, 5) is 19.7. The predicted molar refractivity (Wildman–Crippen MR) is 478 cm³/mol. The van der Waals surface area contributed by atoms with Gasteiger partial charge in [0, 0.05) is 45.8 Å². The Morgan fingerprint density at radius 3 is 0.776 bits per heavy atom. The van der Waals surface area contributed by atoms with E-state index >= 15 is 0 Å². The highest BCUT2D eigenvalue weighted by atomic mass is 14.7. The van der Waals surface area contributed by atoms with Crippen molar-refractivity contribution in [1.29, 1.82) is 10.5 Å². The molecule has 536 valence electrons. The zero-order valence-electron chi connectivity index (χ0n) is 62.8. The van der Waals surface area contributed by atoms with E-state index in [0.717, 1.165) is 129 Å². The topological polar surface area (TPSA) is 99.1 Å². The average Bonchev–Trinajstić information content (AvgIpc) is 1.56.